The standard InChI is InChI=1S/C54H66N8O6/c1-30(2)46(59-52(65)67-5)50(63)61-26-10-14-43(61)48-55-29-42(58-48)38-20-19-36(34-12-9-13-35(34)38)37-18-17-33(45-39(37)22-25-54(45)23-7-8-24-54)32-16-21-40-41(28-32)57-49(56-40)44-15-11-27-62(44)51(64)47(31(3)4)60-53(66)68-6/h16-21,28-31,43-44,46-47H,7-15,22-27H2,1-6H3,(H,55,58)(H,56,57)(H,59,65)(H,60,66)/t43?,44-,46-,47-/m0/s1. The van der Waals surface area contributed by atoms with Crippen LogP contribution in [0.2, 0.25) is 0 Å². The third kappa shape index (κ3) is 8.00. The Kier molecular flexibility index (Phi) is 12.3. The molecule has 68 heavy (non-hydrogen) atoms. The number of imidazole rings is 2. The minimum atomic E-state index is -0.688. The van der Waals surface area contributed by atoms with Gasteiger partial charge in [-0.1, -0.05) is 70.9 Å². The number of carbonyl (C=O) groups is 4. The average molecular weight is 923 g/mol. The van der Waals surface area contributed by atoms with Crippen molar-refractivity contribution in [3.63, 3.8) is 0 Å². The molecule has 14 heteroatoms. The minimum absolute atomic E-state index is 0.101. The molecule has 2 saturated heterocycles. The van der Waals surface area contributed by atoms with Crippen LogP contribution in [0.4, 0.5) is 9.59 Å². The number of ether oxygens (including phenoxy) is 2. The van der Waals surface area contributed by atoms with Crippen LogP contribution in [0.15, 0.2) is 48.7 Å². The molecule has 5 aliphatic rings. The van der Waals surface area contributed by atoms with E-state index in [0.29, 0.717) is 13.1 Å². The maximum atomic E-state index is 13.9. The van der Waals surface area contributed by atoms with Crippen LogP contribution in [0.1, 0.15) is 138 Å². The lowest BCUT2D eigenvalue weighted by molar-refractivity contribution is -0.136. The van der Waals surface area contributed by atoms with Crippen LogP contribution in [0.25, 0.3) is 44.5 Å². The number of fused-ring (bicyclic) bond motifs is 4. The van der Waals surface area contributed by atoms with Crippen molar-refractivity contribution in [2.24, 2.45) is 11.8 Å². The number of nitrogens with zero attached hydrogens (tertiary/aromatic N) is 4. The summed E-state index contributed by atoms with van der Waals surface area (Å²) in [4.78, 5) is 73.1. The highest BCUT2D eigenvalue weighted by Crippen LogP contribution is 2.56. The summed E-state index contributed by atoms with van der Waals surface area (Å²) in [5, 5.41) is 5.52. The van der Waals surface area contributed by atoms with Gasteiger partial charge < -0.3 is 39.9 Å². The lowest BCUT2D eigenvalue weighted by atomic mass is 9.76. The highest BCUT2D eigenvalue weighted by molar-refractivity contribution is 5.89. The highest BCUT2D eigenvalue weighted by Gasteiger charge is 2.44. The normalized spacial score (nSPS) is 20.4. The molecule has 358 valence electrons. The molecule has 2 aromatic heterocycles. The monoisotopic (exact) mass is 923 g/mol. The Bertz CT molecular complexity index is 2770. The fourth-order valence-electron chi connectivity index (χ4n) is 12.6. The van der Waals surface area contributed by atoms with Crippen LogP contribution >= 0.6 is 0 Å². The number of H-pyrrole nitrogens is 2. The highest BCUT2D eigenvalue weighted by atomic mass is 16.5. The molecule has 3 aliphatic carbocycles. The molecule has 0 radical (unpaired) electrons. The molecule has 0 bridgehead atoms. The molecule has 2 aliphatic heterocycles. The molecular weight excluding hydrogens is 857 g/mol. The summed E-state index contributed by atoms with van der Waals surface area (Å²) in [5.41, 5.74) is 15.2. The minimum Gasteiger partial charge on any atom is -0.453 e. The first-order valence-corrected chi connectivity index (χ1v) is 25.1. The number of alkyl carbamates (subject to hydrolysis) is 2. The number of rotatable bonds is 11. The smallest absolute Gasteiger partial charge is 0.407 e. The first kappa shape index (κ1) is 45.6. The molecule has 3 aromatic carbocycles. The molecule has 4 heterocycles. The fraction of sp³-hybridized carbons (Fsp3) is 0.519. The van der Waals surface area contributed by atoms with E-state index in [1.165, 1.54) is 96.4 Å². The molecule has 5 aromatic rings. The topological polar surface area (TPSA) is 175 Å². The summed E-state index contributed by atoms with van der Waals surface area (Å²) in [6, 6.07) is 14.2. The molecule has 4 N–H and O–H groups in total. The Balaban J connectivity index is 0.954. The first-order chi connectivity index (χ1) is 32.9. The third-order valence-corrected chi connectivity index (χ3v) is 16.0. The van der Waals surface area contributed by atoms with Crippen LogP contribution < -0.4 is 10.6 Å². The van der Waals surface area contributed by atoms with Crippen molar-refractivity contribution in [3.05, 3.63) is 82.6 Å². The predicted molar refractivity (Wildman–Crippen MR) is 261 cm³/mol. The lowest BCUT2D eigenvalue weighted by Crippen LogP contribution is -2.51. The van der Waals surface area contributed by atoms with Crippen molar-refractivity contribution < 1.29 is 28.7 Å². The van der Waals surface area contributed by atoms with Crippen LogP contribution in [0, 0.1) is 11.8 Å². The fourth-order valence-corrected chi connectivity index (χ4v) is 12.6. The molecule has 4 amide bonds. The molecule has 1 spiro atoms. The molecule has 10 rings (SSSR count). The van der Waals surface area contributed by atoms with E-state index in [1.54, 1.807) is 0 Å². The predicted octanol–water partition coefficient (Wildman–Crippen LogP) is 9.62. The van der Waals surface area contributed by atoms with Crippen LogP contribution in [-0.2, 0) is 43.7 Å². The zero-order chi connectivity index (χ0) is 47.4. The van der Waals surface area contributed by atoms with E-state index in [1.807, 2.05) is 43.7 Å². The summed E-state index contributed by atoms with van der Waals surface area (Å²) in [7, 11) is 2.63. The number of nitrogens with one attached hydrogen (secondary N) is 4. The van der Waals surface area contributed by atoms with Gasteiger partial charge in [0.05, 0.1) is 49.2 Å². The van der Waals surface area contributed by atoms with E-state index in [4.69, 9.17) is 19.4 Å². The van der Waals surface area contributed by atoms with Crippen molar-refractivity contribution >= 4 is 35.0 Å². The Labute approximate surface area is 398 Å². The van der Waals surface area contributed by atoms with E-state index in [2.05, 4.69) is 63.1 Å². The summed E-state index contributed by atoms with van der Waals surface area (Å²) in [6.07, 6.45) is 14.3. The van der Waals surface area contributed by atoms with E-state index >= 15 is 0 Å². The van der Waals surface area contributed by atoms with Gasteiger partial charge in [0.15, 0.2) is 0 Å². The van der Waals surface area contributed by atoms with Crippen LogP contribution in [-0.4, -0.2) is 93.1 Å². The van der Waals surface area contributed by atoms with Crippen molar-refractivity contribution in [1.82, 2.24) is 40.4 Å². The van der Waals surface area contributed by atoms with Gasteiger partial charge in [0, 0.05) is 18.7 Å². The SMILES string of the molecule is COC(=O)N[C@H](C(=O)N1CCCC1c1ncc(-c2ccc(-c3ccc(-c4ccc5nc([C@@H]6CCCN6C(=O)[C@@H](NC(=O)OC)C(C)C)[nH]c5c4)c4c3CCC43CCCC3)c3c2CCC3)[nH]1)C(C)C. The zero-order valence-electron chi connectivity index (χ0n) is 40.4. The van der Waals surface area contributed by atoms with Gasteiger partial charge in [0.1, 0.15) is 23.7 Å². The molecule has 1 saturated carbocycles. The van der Waals surface area contributed by atoms with Gasteiger partial charge in [-0.3, -0.25) is 9.59 Å². The Morgan fingerprint density at radius 3 is 1.85 bits per heavy atom. The van der Waals surface area contributed by atoms with E-state index in [0.717, 1.165) is 79.7 Å². The molecule has 3 fully saturated rings. The second-order valence-electron chi connectivity index (χ2n) is 20.6. The lowest BCUT2D eigenvalue weighted by Gasteiger charge is -2.30. The Hall–Kier alpha value is -6.18. The van der Waals surface area contributed by atoms with Crippen molar-refractivity contribution in [3.8, 4) is 33.5 Å². The van der Waals surface area contributed by atoms with Gasteiger partial charge in [0.2, 0.25) is 11.8 Å². The number of likely N-dealkylation sites (tertiary alicyclic amines) is 2. The number of aromatic nitrogens is 4. The second kappa shape index (κ2) is 18.4. The van der Waals surface area contributed by atoms with Gasteiger partial charge in [-0.15, -0.1) is 0 Å². The van der Waals surface area contributed by atoms with Crippen LogP contribution in [0.5, 0.6) is 0 Å². The number of amides is 4. The van der Waals surface area contributed by atoms with Gasteiger partial charge in [0.25, 0.3) is 0 Å². The number of aromatic amines is 2. The number of hydrogen-bond donors (Lipinski definition) is 4. The van der Waals surface area contributed by atoms with Crippen molar-refractivity contribution in [1.29, 1.82) is 0 Å². The number of methoxy groups -OCH3 is 2. The van der Waals surface area contributed by atoms with E-state index in [-0.39, 0.29) is 41.1 Å². The zero-order valence-corrected chi connectivity index (χ0v) is 40.4. The molecule has 14 nitrogen and oxygen atoms in total. The first-order valence-electron chi connectivity index (χ1n) is 25.1. The number of carbonyl (C=O) groups excluding carboxylic acids is 4. The maximum Gasteiger partial charge on any atom is 0.407 e. The Morgan fingerprint density at radius 1 is 0.662 bits per heavy atom. The average Bonchev–Trinajstić information content (AvgIpc) is 4.20. The summed E-state index contributed by atoms with van der Waals surface area (Å²) < 4.78 is 9.69. The summed E-state index contributed by atoms with van der Waals surface area (Å²) in [5.74, 6) is 1.13. The maximum absolute atomic E-state index is 13.9. The largest absolute Gasteiger partial charge is 0.453 e. The van der Waals surface area contributed by atoms with Crippen molar-refractivity contribution in [2.45, 2.75) is 141 Å². The van der Waals surface area contributed by atoms with Gasteiger partial charge in [-0.2, -0.15) is 0 Å². The quantitative estimate of drug-likeness (QED) is 0.101. The van der Waals surface area contributed by atoms with Crippen LogP contribution in [0.3, 0.4) is 0 Å². The van der Waals surface area contributed by atoms with E-state index < -0.39 is 24.3 Å². The number of hydrogen-bond acceptors (Lipinski definition) is 8. The summed E-state index contributed by atoms with van der Waals surface area (Å²) >= 11 is 0. The molecule has 1 unspecified atom stereocenters. The third-order valence-electron chi connectivity index (χ3n) is 16.0. The molecule has 4 atom stereocenters. The second-order valence-corrected chi connectivity index (χ2v) is 20.6. The Morgan fingerprint density at radius 2 is 1.24 bits per heavy atom. The van der Waals surface area contributed by atoms with Gasteiger partial charge in [-0.25, -0.2) is 19.6 Å². The van der Waals surface area contributed by atoms with Gasteiger partial charge >= 0.3 is 12.2 Å². The molecular formula is C54H66N8O6. The van der Waals surface area contributed by atoms with E-state index in [9.17, 15) is 19.2 Å². The van der Waals surface area contributed by atoms with Gasteiger partial charge in [-0.05, 0) is 145 Å². The summed E-state index contributed by atoms with van der Waals surface area (Å²) in [6.45, 7) is 8.95. The van der Waals surface area contributed by atoms with Crippen molar-refractivity contribution in [2.75, 3.05) is 27.3 Å². The number of benzene rings is 3.